The number of nitrogens with zero attached hydrogens (tertiary/aromatic N) is 3. The minimum Gasteiger partial charge on any atom is -0.486 e. The molecule has 2 heterocycles. The lowest BCUT2D eigenvalue weighted by molar-refractivity contribution is 0.0600. The summed E-state index contributed by atoms with van der Waals surface area (Å²) in [7, 11) is 1.37. The van der Waals surface area contributed by atoms with Gasteiger partial charge in [-0.3, -0.25) is 4.90 Å². The number of carbonyl (C=O) groups excluding carboxylic acids is 1. The van der Waals surface area contributed by atoms with Gasteiger partial charge in [0, 0.05) is 31.7 Å². The molecular weight excluding hydrogens is 521 g/mol. The number of methoxy groups -OCH3 is 1. The minimum absolute atomic E-state index is 0.349. The Morgan fingerprint density at radius 3 is 2.41 bits per heavy atom. The van der Waals surface area contributed by atoms with E-state index in [-0.39, 0.29) is 5.97 Å². The molecule has 0 spiro atoms. The Morgan fingerprint density at radius 1 is 0.976 bits per heavy atom. The van der Waals surface area contributed by atoms with E-state index in [0.29, 0.717) is 56.5 Å². The predicted octanol–water partition coefficient (Wildman–Crippen LogP) is 6.56. The zero-order valence-electron chi connectivity index (χ0n) is 23.9. The van der Waals surface area contributed by atoms with E-state index in [9.17, 15) is 4.79 Å². The molecule has 41 heavy (non-hydrogen) atoms. The van der Waals surface area contributed by atoms with E-state index in [1.807, 2.05) is 66.1 Å². The summed E-state index contributed by atoms with van der Waals surface area (Å²) in [4.78, 5) is 18.6. The molecule has 1 aromatic heterocycles. The molecule has 8 heteroatoms. The van der Waals surface area contributed by atoms with Crippen molar-refractivity contribution in [2.24, 2.45) is 0 Å². The molecule has 1 aliphatic rings. The molecule has 0 saturated carbocycles. The fourth-order valence-electron chi connectivity index (χ4n) is 5.14. The zero-order valence-corrected chi connectivity index (χ0v) is 23.9. The summed E-state index contributed by atoms with van der Waals surface area (Å²) in [5.74, 6) is 1.28. The van der Waals surface area contributed by atoms with Crippen molar-refractivity contribution >= 4 is 5.97 Å². The third kappa shape index (κ3) is 6.60. The first-order valence-electron chi connectivity index (χ1n) is 14.1. The highest BCUT2D eigenvalue weighted by molar-refractivity contribution is 5.89. The third-order valence-electron chi connectivity index (χ3n) is 7.31. The van der Waals surface area contributed by atoms with Crippen LogP contribution in [0.5, 0.6) is 11.5 Å². The molecule has 0 atom stereocenters. The van der Waals surface area contributed by atoms with Crippen molar-refractivity contribution in [2.45, 2.75) is 52.9 Å². The SMILES string of the molecule is CCCCn1c(-c2ccccc2C)nc(F)c1CN(Cc1ccc(C(=O)OC)cc1)Cc1ccc2c(c1)OCCO2. The smallest absolute Gasteiger partial charge is 0.337 e. The Balaban J connectivity index is 1.49. The lowest BCUT2D eigenvalue weighted by Gasteiger charge is -2.25. The fourth-order valence-corrected chi connectivity index (χ4v) is 5.14. The van der Waals surface area contributed by atoms with Crippen molar-refractivity contribution in [3.63, 3.8) is 0 Å². The van der Waals surface area contributed by atoms with E-state index in [0.717, 1.165) is 46.6 Å². The topological polar surface area (TPSA) is 65.8 Å². The highest BCUT2D eigenvalue weighted by Gasteiger charge is 2.23. The number of esters is 1. The summed E-state index contributed by atoms with van der Waals surface area (Å²) < 4.78 is 34.1. The van der Waals surface area contributed by atoms with Crippen LogP contribution in [0.2, 0.25) is 0 Å². The lowest BCUT2D eigenvalue weighted by Crippen LogP contribution is -2.25. The maximum atomic E-state index is 15.7. The van der Waals surface area contributed by atoms with Gasteiger partial charge in [0.25, 0.3) is 0 Å². The first kappa shape index (κ1) is 28.4. The maximum Gasteiger partial charge on any atom is 0.337 e. The number of unbranched alkanes of at least 4 members (excludes halogenated alkanes) is 1. The predicted molar refractivity (Wildman–Crippen MR) is 155 cm³/mol. The van der Waals surface area contributed by atoms with Gasteiger partial charge in [0.05, 0.1) is 18.4 Å². The summed E-state index contributed by atoms with van der Waals surface area (Å²) in [5.41, 5.74) is 5.06. The van der Waals surface area contributed by atoms with Gasteiger partial charge in [0.15, 0.2) is 11.5 Å². The number of carbonyl (C=O) groups is 1. The molecule has 3 aromatic carbocycles. The molecule has 0 saturated heterocycles. The number of halogens is 1. The van der Waals surface area contributed by atoms with Crippen LogP contribution < -0.4 is 9.47 Å². The van der Waals surface area contributed by atoms with Crippen LogP contribution in [0.3, 0.4) is 0 Å². The third-order valence-corrected chi connectivity index (χ3v) is 7.31. The average molecular weight is 558 g/mol. The molecule has 7 nitrogen and oxygen atoms in total. The average Bonchev–Trinajstić information content (AvgIpc) is 3.30. The Labute approximate surface area is 240 Å². The number of hydrogen-bond acceptors (Lipinski definition) is 6. The zero-order chi connectivity index (χ0) is 28.8. The van der Waals surface area contributed by atoms with Crippen molar-refractivity contribution < 1.29 is 23.4 Å². The normalized spacial score (nSPS) is 12.5. The molecule has 0 bridgehead atoms. The number of benzene rings is 3. The second-order valence-electron chi connectivity index (χ2n) is 10.3. The highest BCUT2D eigenvalue weighted by atomic mass is 19.1. The van der Waals surface area contributed by atoms with Crippen LogP contribution in [0.4, 0.5) is 4.39 Å². The fraction of sp³-hybridized carbons (Fsp3) is 0.333. The number of fused-ring (bicyclic) bond motifs is 1. The van der Waals surface area contributed by atoms with Gasteiger partial charge in [0.2, 0.25) is 5.95 Å². The first-order chi connectivity index (χ1) is 20.0. The first-order valence-corrected chi connectivity index (χ1v) is 14.1. The van der Waals surface area contributed by atoms with Gasteiger partial charge in [-0.1, -0.05) is 55.8 Å². The summed E-state index contributed by atoms with van der Waals surface area (Å²) in [6.07, 6.45) is 1.90. The largest absolute Gasteiger partial charge is 0.486 e. The second-order valence-corrected chi connectivity index (χ2v) is 10.3. The van der Waals surface area contributed by atoms with E-state index in [4.69, 9.17) is 14.2 Å². The van der Waals surface area contributed by atoms with E-state index in [1.165, 1.54) is 7.11 Å². The van der Waals surface area contributed by atoms with Crippen LogP contribution in [0.15, 0.2) is 66.7 Å². The summed E-state index contributed by atoms with van der Waals surface area (Å²) in [5, 5.41) is 0. The molecule has 5 rings (SSSR count). The molecule has 0 aliphatic carbocycles. The van der Waals surface area contributed by atoms with Crippen molar-refractivity contribution in [1.29, 1.82) is 0 Å². The van der Waals surface area contributed by atoms with Crippen LogP contribution in [-0.4, -0.2) is 40.7 Å². The van der Waals surface area contributed by atoms with Gasteiger partial charge in [-0.15, -0.1) is 0 Å². The maximum absolute atomic E-state index is 15.7. The Kier molecular flexibility index (Phi) is 8.99. The van der Waals surface area contributed by atoms with Gasteiger partial charge in [-0.05, 0) is 54.3 Å². The number of aryl methyl sites for hydroxylation is 1. The molecular formula is C33H36FN3O4. The van der Waals surface area contributed by atoms with Gasteiger partial charge < -0.3 is 18.8 Å². The van der Waals surface area contributed by atoms with Crippen LogP contribution in [0.25, 0.3) is 11.4 Å². The molecule has 214 valence electrons. The molecule has 0 unspecified atom stereocenters. The Hall–Kier alpha value is -4.17. The van der Waals surface area contributed by atoms with Gasteiger partial charge in [-0.25, -0.2) is 4.79 Å². The van der Waals surface area contributed by atoms with Crippen molar-refractivity contribution in [2.75, 3.05) is 20.3 Å². The quantitative estimate of drug-likeness (QED) is 0.195. The van der Waals surface area contributed by atoms with E-state index >= 15 is 4.39 Å². The second kappa shape index (κ2) is 13.0. The minimum atomic E-state index is -0.451. The van der Waals surface area contributed by atoms with Gasteiger partial charge in [-0.2, -0.15) is 9.37 Å². The lowest BCUT2D eigenvalue weighted by atomic mass is 10.1. The van der Waals surface area contributed by atoms with Crippen LogP contribution in [0, 0.1) is 12.9 Å². The Morgan fingerprint density at radius 2 is 1.68 bits per heavy atom. The summed E-state index contributed by atoms with van der Waals surface area (Å²) >= 11 is 0. The number of imidazole rings is 1. The van der Waals surface area contributed by atoms with Crippen LogP contribution >= 0.6 is 0 Å². The molecule has 0 radical (unpaired) electrons. The van der Waals surface area contributed by atoms with Crippen molar-refractivity contribution in [3.05, 3.63) is 101 Å². The number of rotatable bonds is 11. The monoisotopic (exact) mass is 557 g/mol. The molecule has 0 amide bonds. The van der Waals surface area contributed by atoms with Gasteiger partial charge in [0.1, 0.15) is 19.0 Å². The van der Waals surface area contributed by atoms with E-state index in [2.05, 4.69) is 16.8 Å². The Bertz CT molecular complexity index is 1500. The van der Waals surface area contributed by atoms with Crippen LogP contribution in [-0.2, 0) is 30.9 Å². The standard InChI is InChI=1S/C33H36FN3O4/c1-4-5-16-37-28(31(34)35-32(37)27-9-7-6-8-23(27)2)22-36(20-24-10-13-26(14-11-24)33(38)39-3)21-25-12-15-29-30(19-25)41-18-17-40-29/h6-15,19H,4-5,16-18,20-22H2,1-3H3. The highest BCUT2D eigenvalue weighted by Crippen LogP contribution is 2.32. The van der Waals surface area contributed by atoms with Gasteiger partial charge >= 0.3 is 5.97 Å². The van der Waals surface area contributed by atoms with Crippen molar-refractivity contribution in [1.82, 2.24) is 14.5 Å². The number of ether oxygens (including phenoxy) is 3. The number of hydrogen-bond donors (Lipinski definition) is 0. The molecule has 0 fully saturated rings. The molecule has 1 aliphatic heterocycles. The van der Waals surface area contributed by atoms with E-state index in [1.54, 1.807) is 12.1 Å². The summed E-state index contributed by atoms with van der Waals surface area (Å²) in [6, 6.07) is 21.2. The van der Waals surface area contributed by atoms with E-state index < -0.39 is 5.95 Å². The van der Waals surface area contributed by atoms with Crippen LogP contribution in [0.1, 0.15) is 52.5 Å². The molecule has 4 aromatic rings. The summed E-state index contributed by atoms with van der Waals surface area (Å²) in [6.45, 7) is 7.31. The number of aromatic nitrogens is 2. The molecule has 0 N–H and O–H groups in total. The van der Waals surface area contributed by atoms with Crippen molar-refractivity contribution in [3.8, 4) is 22.9 Å².